The van der Waals surface area contributed by atoms with Crippen molar-refractivity contribution in [1.82, 2.24) is 9.78 Å². The van der Waals surface area contributed by atoms with Crippen LogP contribution >= 0.6 is 0 Å². The largest absolute Gasteiger partial charge is 0.456 e. The lowest BCUT2D eigenvalue weighted by Gasteiger charge is -2.22. The number of nitrogens with two attached hydrogens (primary N) is 1. The van der Waals surface area contributed by atoms with Crippen molar-refractivity contribution in [3.8, 4) is 0 Å². The van der Waals surface area contributed by atoms with Crippen LogP contribution in [0.2, 0.25) is 0 Å². The highest BCUT2D eigenvalue weighted by atomic mass is 16.5. The molecule has 0 bridgehead atoms. The summed E-state index contributed by atoms with van der Waals surface area (Å²) in [7, 11) is 0. The molecular weight excluding hydrogens is 318 g/mol. The molecule has 1 aliphatic rings. The average Bonchev–Trinajstić information content (AvgIpc) is 3.29. The van der Waals surface area contributed by atoms with E-state index in [9.17, 15) is 9.59 Å². The SMILES string of the molecule is CC(C)(C)n1nc(C(=O)OCc2ccccc2C(N)=O)cc1C1CC1. The molecule has 0 unspecified atom stereocenters. The summed E-state index contributed by atoms with van der Waals surface area (Å²) in [6.45, 7) is 6.16. The zero-order valence-corrected chi connectivity index (χ0v) is 14.8. The van der Waals surface area contributed by atoms with Crippen molar-refractivity contribution >= 4 is 11.9 Å². The Labute approximate surface area is 147 Å². The number of benzene rings is 1. The number of primary amides is 1. The molecule has 0 saturated heterocycles. The van der Waals surface area contributed by atoms with E-state index >= 15 is 0 Å². The van der Waals surface area contributed by atoms with Crippen LogP contribution in [0.15, 0.2) is 30.3 Å². The quantitative estimate of drug-likeness (QED) is 0.847. The Hall–Kier alpha value is -2.63. The number of carbonyl (C=O) groups is 2. The van der Waals surface area contributed by atoms with Crippen molar-refractivity contribution in [2.24, 2.45) is 5.73 Å². The van der Waals surface area contributed by atoms with E-state index in [2.05, 4.69) is 25.9 Å². The fraction of sp³-hybridized carbons (Fsp3) is 0.421. The Balaban J connectivity index is 1.77. The van der Waals surface area contributed by atoms with Crippen LogP contribution < -0.4 is 5.73 Å². The number of carbonyl (C=O) groups excluding carboxylic acids is 2. The van der Waals surface area contributed by atoms with E-state index in [1.807, 2.05) is 10.7 Å². The van der Waals surface area contributed by atoms with E-state index < -0.39 is 11.9 Å². The molecule has 1 aromatic carbocycles. The fourth-order valence-corrected chi connectivity index (χ4v) is 2.81. The number of ether oxygens (including phenoxy) is 1. The summed E-state index contributed by atoms with van der Waals surface area (Å²) in [6, 6.07) is 8.65. The van der Waals surface area contributed by atoms with Gasteiger partial charge in [-0.05, 0) is 45.7 Å². The van der Waals surface area contributed by atoms with Gasteiger partial charge >= 0.3 is 5.97 Å². The number of nitrogens with zero attached hydrogens (tertiary/aromatic N) is 2. The first-order valence-corrected chi connectivity index (χ1v) is 8.42. The summed E-state index contributed by atoms with van der Waals surface area (Å²) < 4.78 is 7.28. The molecule has 0 aliphatic heterocycles. The van der Waals surface area contributed by atoms with Crippen LogP contribution in [0.4, 0.5) is 0 Å². The zero-order chi connectivity index (χ0) is 18.2. The first kappa shape index (κ1) is 17.2. The molecule has 6 nitrogen and oxygen atoms in total. The maximum atomic E-state index is 12.4. The Morgan fingerprint density at radius 3 is 2.56 bits per heavy atom. The highest BCUT2D eigenvalue weighted by Crippen LogP contribution is 2.41. The molecule has 3 rings (SSSR count). The van der Waals surface area contributed by atoms with Crippen molar-refractivity contribution in [2.45, 2.75) is 51.7 Å². The summed E-state index contributed by atoms with van der Waals surface area (Å²) in [5.74, 6) is -0.562. The van der Waals surface area contributed by atoms with Crippen LogP contribution in [-0.2, 0) is 16.9 Å². The average molecular weight is 341 g/mol. The third-order valence-electron chi connectivity index (χ3n) is 4.22. The van der Waals surface area contributed by atoms with E-state index in [1.165, 1.54) is 0 Å². The molecule has 1 heterocycles. The second kappa shape index (κ2) is 6.35. The minimum Gasteiger partial charge on any atom is -0.456 e. The van der Waals surface area contributed by atoms with Crippen LogP contribution in [-0.4, -0.2) is 21.7 Å². The van der Waals surface area contributed by atoms with Gasteiger partial charge in [0.1, 0.15) is 6.61 Å². The summed E-state index contributed by atoms with van der Waals surface area (Å²) in [5.41, 5.74) is 7.47. The molecule has 25 heavy (non-hydrogen) atoms. The summed E-state index contributed by atoms with van der Waals surface area (Å²) in [4.78, 5) is 23.9. The second-order valence-corrected chi connectivity index (χ2v) is 7.41. The maximum Gasteiger partial charge on any atom is 0.359 e. The molecule has 2 aromatic rings. The molecule has 1 fully saturated rings. The Morgan fingerprint density at radius 2 is 1.96 bits per heavy atom. The molecule has 1 aromatic heterocycles. The van der Waals surface area contributed by atoms with Crippen molar-refractivity contribution in [3.05, 3.63) is 52.8 Å². The van der Waals surface area contributed by atoms with Crippen molar-refractivity contribution in [1.29, 1.82) is 0 Å². The lowest BCUT2D eigenvalue weighted by atomic mass is 10.1. The minimum absolute atomic E-state index is 0.0148. The van der Waals surface area contributed by atoms with Crippen molar-refractivity contribution < 1.29 is 14.3 Å². The zero-order valence-electron chi connectivity index (χ0n) is 14.8. The van der Waals surface area contributed by atoms with Crippen molar-refractivity contribution in [2.75, 3.05) is 0 Å². The molecule has 1 saturated carbocycles. The first-order valence-electron chi connectivity index (χ1n) is 8.42. The molecule has 1 amide bonds. The number of hydrogen-bond donors (Lipinski definition) is 1. The van der Waals surface area contributed by atoms with Gasteiger partial charge in [-0.2, -0.15) is 5.10 Å². The van der Waals surface area contributed by atoms with Gasteiger partial charge in [0.2, 0.25) is 5.91 Å². The van der Waals surface area contributed by atoms with Crippen LogP contribution in [0.25, 0.3) is 0 Å². The lowest BCUT2D eigenvalue weighted by molar-refractivity contribution is 0.0461. The van der Waals surface area contributed by atoms with Gasteiger partial charge in [0.05, 0.1) is 5.54 Å². The van der Waals surface area contributed by atoms with Gasteiger partial charge in [0.15, 0.2) is 5.69 Å². The third-order valence-corrected chi connectivity index (χ3v) is 4.22. The normalized spacial score (nSPS) is 14.4. The van der Waals surface area contributed by atoms with E-state index in [4.69, 9.17) is 10.5 Å². The smallest absolute Gasteiger partial charge is 0.359 e. The van der Waals surface area contributed by atoms with Crippen LogP contribution in [0.3, 0.4) is 0 Å². The topological polar surface area (TPSA) is 87.2 Å². The van der Waals surface area contributed by atoms with Gasteiger partial charge in [-0.1, -0.05) is 18.2 Å². The highest BCUT2D eigenvalue weighted by molar-refractivity contribution is 5.94. The Kier molecular flexibility index (Phi) is 4.37. The van der Waals surface area contributed by atoms with E-state index in [1.54, 1.807) is 24.3 Å². The molecule has 132 valence electrons. The standard InChI is InChI=1S/C19H23N3O3/c1-19(2,3)22-16(12-8-9-12)10-15(21-22)18(24)25-11-13-6-4-5-7-14(13)17(20)23/h4-7,10,12H,8-9,11H2,1-3H3,(H2,20,23). The van der Waals surface area contributed by atoms with Gasteiger partial charge in [0, 0.05) is 22.7 Å². The number of rotatable bonds is 5. The van der Waals surface area contributed by atoms with Crippen molar-refractivity contribution in [3.63, 3.8) is 0 Å². The highest BCUT2D eigenvalue weighted by Gasteiger charge is 2.32. The molecule has 0 spiro atoms. The van der Waals surface area contributed by atoms with E-state index in [0.717, 1.165) is 18.5 Å². The molecule has 0 radical (unpaired) electrons. The maximum absolute atomic E-state index is 12.4. The summed E-state index contributed by atoms with van der Waals surface area (Å²) >= 11 is 0. The number of amides is 1. The number of aromatic nitrogens is 2. The van der Waals surface area contributed by atoms with Gasteiger partial charge < -0.3 is 10.5 Å². The molecule has 0 atom stereocenters. The Morgan fingerprint density at radius 1 is 1.28 bits per heavy atom. The Bertz CT molecular complexity index is 814. The summed E-state index contributed by atoms with van der Waals surface area (Å²) in [5, 5.41) is 4.46. The minimum atomic E-state index is -0.542. The third kappa shape index (κ3) is 3.73. The van der Waals surface area contributed by atoms with Crippen LogP contribution in [0.5, 0.6) is 0 Å². The van der Waals surface area contributed by atoms with Crippen LogP contribution in [0, 0.1) is 0 Å². The predicted molar refractivity (Wildman–Crippen MR) is 93.3 cm³/mol. The van der Waals surface area contributed by atoms with Crippen LogP contribution in [0.1, 0.15) is 71.6 Å². The monoisotopic (exact) mass is 341 g/mol. The number of esters is 1. The van der Waals surface area contributed by atoms with Gasteiger partial charge in [0.25, 0.3) is 0 Å². The molecule has 1 aliphatic carbocycles. The second-order valence-electron chi connectivity index (χ2n) is 7.41. The van der Waals surface area contributed by atoms with Gasteiger partial charge in [-0.15, -0.1) is 0 Å². The molecule has 6 heteroatoms. The lowest BCUT2D eigenvalue weighted by Crippen LogP contribution is -2.25. The first-order chi connectivity index (χ1) is 11.8. The fourth-order valence-electron chi connectivity index (χ4n) is 2.81. The molecule has 2 N–H and O–H groups in total. The number of hydrogen-bond acceptors (Lipinski definition) is 4. The predicted octanol–water partition coefficient (Wildman–Crippen LogP) is 2.97. The molecular formula is C19H23N3O3. The van der Waals surface area contributed by atoms with Gasteiger partial charge in [-0.25, -0.2) is 4.79 Å². The van der Waals surface area contributed by atoms with E-state index in [-0.39, 0.29) is 12.1 Å². The van der Waals surface area contributed by atoms with E-state index in [0.29, 0.717) is 22.7 Å². The van der Waals surface area contributed by atoms with Gasteiger partial charge in [-0.3, -0.25) is 9.48 Å². The summed E-state index contributed by atoms with van der Waals surface area (Å²) in [6.07, 6.45) is 2.25.